The summed E-state index contributed by atoms with van der Waals surface area (Å²) in [6.07, 6.45) is 4.36. The third-order valence-electron chi connectivity index (χ3n) is 6.00. The van der Waals surface area contributed by atoms with E-state index < -0.39 is 14.8 Å². The zero-order valence-electron chi connectivity index (χ0n) is 20.3. The zero-order chi connectivity index (χ0) is 26.3. The molecule has 11 nitrogen and oxygen atoms in total. The van der Waals surface area contributed by atoms with E-state index >= 15 is 0 Å². The van der Waals surface area contributed by atoms with Gasteiger partial charge in [-0.1, -0.05) is 38.1 Å². The second-order valence-electron chi connectivity index (χ2n) is 8.92. The molecule has 0 saturated heterocycles. The maximum absolute atomic E-state index is 12.3. The van der Waals surface area contributed by atoms with Crippen LogP contribution in [-0.2, 0) is 16.4 Å². The van der Waals surface area contributed by atoms with Crippen molar-refractivity contribution in [2.24, 2.45) is 0 Å². The number of rotatable bonds is 7. The van der Waals surface area contributed by atoms with E-state index in [9.17, 15) is 18.5 Å². The monoisotopic (exact) mass is 517 g/mol. The number of non-ortho nitro benzene ring substituents is 1. The van der Waals surface area contributed by atoms with Crippen LogP contribution in [0.1, 0.15) is 30.9 Å². The van der Waals surface area contributed by atoms with E-state index in [4.69, 9.17) is 0 Å². The van der Waals surface area contributed by atoms with E-state index in [2.05, 4.69) is 25.4 Å². The van der Waals surface area contributed by atoms with Gasteiger partial charge in [-0.05, 0) is 29.0 Å². The first-order chi connectivity index (χ1) is 17.6. The Kier molecular flexibility index (Phi) is 6.04. The Morgan fingerprint density at radius 2 is 1.89 bits per heavy atom. The van der Waals surface area contributed by atoms with Crippen molar-refractivity contribution in [1.29, 1.82) is 0 Å². The van der Waals surface area contributed by atoms with E-state index in [-0.39, 0.29) is 29.3 Å². The molecule has 5 rings (SSSR count). The number of pyridine rings is 1. The van der Waals surface area contributed by atoms with Crippen molar-refractivity contribution in [2.45, 2.75) is 31.5 Å². The van der Waals surface area contributed by atoms with Gasteiger partial charge in [0.2, 0.25) is 15.8 Å². The molecule has 12 heteroatoms. The highest BCUT2D eigenvalue weighted by Crippen LogP contribution is 2.31. The summed E-state index contributed by atoms with van der Waals surface area (Å²) in [5.41, 5.74) is 3.61. The fourth-order valence-corrected chi connectivity index (χ4v) is 4.64. The molecule has 1 N–H and O–H groups in total. The normalized spacial score (nSPS) is 11.9. The molecule has 2 aromatic carbocycles. The van der Waals surface area contributed by atoms with E-state index in [1.54, 1.807) is 24.5 Å². The number of nitrogens with one attached hydrogen (secondary N) is 1. The lowest BCUT2D eigenvalue weighted by Gasteiger charge is -2.14. The van der Waals surface area contributed by atoms with Crippen LogP contribution in [0.5, 0.6) is 0 Å². The molecule has 0 atom stereocenters. The number of nitro benzene ring substituents is 1. The van der Waals surface area contributed by atoms with Crippen LogP contribution < -0.4 is 5.32 Å². The lowest BCUT2D eigenvalue weighted by molar-refractivity contribution is -0.384. The first kappa shape index (κ1) is 24.3. The predicted molar refractivity (Wildman–Crippen MR) is 139 cm³/mol. The molecule has 5 aromatic rings. The Morgan fingerprint density at radius 3 is 2.62 bits per heavy atom. The Balaban J connectivity index is 1.57. The van der Waals surface area contributed by atoms with Gasteiger partial charge in [-0.25, -0.2) is 8.42 Å². The Hall–Kier alpha value is -4.45. The maximum Gasteiger partial charge on any atom is 0.270 e. The molecular formula is C25H23N7O4S. The van der Waals surface area contributed by atoms with E-state index in [1.165, 1.54) is 16.6 Å². The van der Waals surface area contributed by atoms with Crippen LogP contribution in [0.4, 0.5) is 11.6 Å². The number of fused-ring (bicyclic) bond motifs is 2. The fraction of sp³-hybridized carbons (Fsp3) is 0.200. The Morgan fingerprint density at radius 1 is 1.11 bits per heavy atom. The van der Waals surface area contributed by atoms with Gasteiger partial charge in [0.1, 0.15) is 0 Å². The van der Waals surface area contributed by atoms with Crippen molar-refractivity contribution in [3.8, 4) is 11.3 Å². The van der Waals surface area contributed by atoms with Crippen molar-refractivity contribution < 1.29 is 13.3 Å². The molecule has 37 heavy (non-hydrogen) atoms. The summed E-state index contributed by atoms with van der Waals surface area (Å²) in [5, 5.41) is 20.0. The molecule has 3 aromatic heterocycles. The molecule has 0 radical (unpaired) electrons. The maximum atomic E-state index is 12.3. The highest BCUT2D eigenvalue weighted by molar-refractivity contribution is 7.90. The number of benzene rings is 2. The number of anilines is 1. The molecule has 0 fully saturated rings. The SMILES string of the molecule is CC(C)c1cnn2c(NCc3ccccc3-c3nccc4cc([N+](=O)[O-])ccc34)nc(S(C)(=O)=O)nc12. The molecule has 0 saturated carbocycles. The number of aromatic nitrogens is 5. The minimum Gasteiger partial charge on any atom is -0.350 e. The molecule has 0 amide bonds. The molecule has 0 unspecified atom stereocenters. The Labute approximate surface area is 212 Å². The van der Waals surface area contributed by atoms with Crippen LogP contribution >= 0.6 is 0 Å². The van der Waals surface area contributed by atoms with Crippen molar-refractivity contribution >= 4 is 37.9 Å². The van der Waals surface area contributed by atoms with Crippen molar-refractivity contribution in [3.63, 3.8) is 0 Å². The number of nitrogens with zero attached hydrogens (tertiary/aromatic N) is 6. The Bertz CT molecular complexity index is 1780. The quantitative estimate of drug-likeness (QED) is 0.245. The number of sulfone groups is 1. The first-order valence-electron chi connectivity index (χ1n) is 11.4. The fourth-order valence-electron chi connectivity index (χ4n) is 4.14. The van der Waals surface area contributed by atoms with Gasteiger partial charge in [0.15, 0.2) is 5.65 Å². The van der Waals surface area contributed by atoms with Crippen molar-refractivity contribution in [2.75, 3.05) is 11.6 Å². The zero-order valence-corrected chi connectivity index (χ0v) is 21.1. The lowest BCUT2D eigenvalue weighted by Crippen LogP contribution is -2.14. The molecule has 3 heterocycles. The first-order valence-corrected chi connectivity index (χ1v) is 13.3. The van der Waals surface area contributed by atoms with Crippen LogP contribution in [0.25, 0.3) is 27.7 Å². The number of nitro groups is 1. The summed E-state index contributed by atoms with van der Waals surface area (Å²) < 4.78 is 26.1. The molecule has 188 valence electrons. The summed E-state index contributed by atoms with van der Waals surface area (Å²) in [7, 11) is -3.67. The minimum absolute atomic E-state index is 0.00838. The summed E-state index contributed by atoms with van der Waals surface area (Å²) >= 11 is 0. The third kappa shape index (κ3) is 4.58. The second kappa shape index (κ2) is 9.21. The molecular weight excluding hydrogens is 494 g/mol. The van der Waals surface area contributed by atoms with Crippen LogP contribution in [0.2, 0.25) is 0 Å². The molecule has 0 spiro atoms. The predicted octanol–water partition coefficient (Wildman–Crippen LogP) is 4.39. The summed E-state index contributed by atoms with van der Waals surface area (Å²) in [6, 6.07) is 14.0. The van der Waals surface area contributed by atoms with Gasteiger partial charge >= 0.3 is 0 Å². The van der Waals surface area contributed by atoms with Gasteiger partial charge in [0, 0.05) is 47.6 Å². The van der Waals surface area contributed by atoms with E-state index in [0.717, 1.165) is 28.3 Å². The molecule has 0 aliphatic heterocycles. The van der Waals surface area contributed by atoms with Crippen LogP contribution in [0, 0.1) is 10.1 Å². The number of hydrogen-bond donors (Lipinski definition) is 1. The van der Waals surface area contributed by atoms with Gasteiger partial charge in [0.25, 0.3) is 10.8 Å². The number of hydrogen-bond acceptors (Lipinski definition) is 9. The summed E-state index contributed by atoms with van der Waals surface area (Å²) in [5.74, 6) is 0.329. The summed E-state index contributed by atoms with van der Waals surface area (Å²) in [6.45, 7) is 4.25. The van der Waals surface area contributed by atoms with E-state index in [0.29, 0.717) is 16.7 Å². The van der Waals surface area contributed by atoms with E-state index in [1.807, 2.05) is 38.1 Å². The van der Waals surface area contributed by atoms with Crippen LogP contribution in [0.3, 0.4) is 0 Å². The summed E-state index contributed by atoms with van der Waals surface area (Å²) in [4.78, 5) is 23.9. The standard InChI is InChI=1S/C25H23N7O4S/c1-15(2)21-14-28-31-23(21)29-25(37(3,35)36)30-24(31)27-13-17-6-4-5-7-19(17)22-20-9-8-18(32(33)34)12-16(20)10-11-26-22/h4-12,14-15H,13H2,1-3H3,(H,27,29,30). The van der Waals surface area contributed by atoms with Gasteiger partial charge in [-0.3, -0.25) is 15.1 Å². The average molecular weight is 518 g/mol. The van der Waals surface area contributed by atoms with Gasteiger partial charge in [-0.15, -0.1) is 0 Å². The van der Waals surface area contributed by atoms with Crippen LogP contribution in [0.15, 0.2) is 66.1 Å². The van der Waals surface area contributed by atoms with Gasteiger partial charge < -0.3 is 5.32 Å². The van der Waals surface area contributed by atoms with Crippen LogP contribution in [-0.4, -0.2) is 44.2 Å². The third-order valence-corrected chi connectivity index (χ3v) is 6.84. The highest BCUT2D eigenvalue weighted by atomic mass is 32.2. The van der Waals surface area contributed by atoms with Gasteiger partial charge in [-0.2, -0.15) is 19.6 Å². The smallest absolute Gasteiger partial charge is 0.270 e. The van der Waals surface area contributed by atoms with Crippen molar-refractivity contribution in [3.05, 3.63) is 82.2 Å². The molecule has 0 aliphatic rings. The van der Waals surface area contributed by atoms with Crippen molar-refractivity contribution in [1.82, 2.24) is 24.6 Å². The average Bonchev–Trinajstić information content (AvgIpc) is 3.31. The highest BCUT2D eigenvalue weighted by Gasteiger charge is 2.20. The topological polar surface area (TPSA) is 145 Å². The van der Waals surface area contributed by atoms with Gasteiger partial charge in [0.05, 0.1) is 16.8 Å². The largest absolute Gasteiger partial charge is 0.350 e. The second-order valence-corrected chi connectivity index (χ2v) is 10.8. The minimum atomic E-state index is -3.67. The molecule has 0 bridgehead atoms. The lowest BCUT2D eigenvalue weighted by atomic mass is 9.99. The molecule has 0 aliphatic carbocycles.